The SMILES string of the molecule is CC(CN)CCC(=O)N(C)c1cccc(F)c1. The number of carbonyl (C=O) groups is 1. The first-order valence-corrected chi connectivity index (χ1v) is 5.76. The maximum absolute atomic E-state index is 13.0. The quantitative estimate of drug-likeness (QED) is 0.854. The molecule has 1 amide bonds. The minimum atomic E-state index is -0.336. The molecule has 0 saturated heterocycles. The number of hydrogen-bond donors (Lipinski definition) is 1. The van der Waals surface area contributed by atoms with E-state index in [2.05, 4.69) is 0 Å². The maximum Gasteiger partial charge on any atom is 0.226 e. The number of halogens is 1. The van der Waals surface area contributed by atoms with Crippen LogP contribution in [-0.2, 0) is 4.79 Å². The molecule has 0 radical (unpaired) electrons. The Kier molecular flexibility index (Phi) is 5.10. The summed E-state index contributed by atoms with van der Waals surface area (Å²) >= 11 is 0. The average molecular weight is 238 g/mol. The molecule has 1 rings (SSSR count). The summed E-state index contributed by atoms with van der Waals surface area (Å²) in [4.78, 5) is 13.3. The lowest BCUT2D eigenvalue weighted by Crippen LogP contribution is -2.27. The van der Waals surface area contributed by atoms with E-state index in [1.165, 1.54) is 17.0 Å². The predicted octanol–water partition coefficient (Wildman–Crippen LogP) is 2.16. The molecule has 1 atom stereocenters. The van der Waals surface area contributed by atoms with Crippen LogP contribution in [-0.4, -0.2) is 19.5 Å². The number of rotatable bonds is 5. The van der Waals surface area contributed by atoms with Gasteiger partial charge in [0.1, 0.15) is 5.82 Å². The first-order chi connectivity index (χ1) is 8.04. The Bertz CT molecular complexity index is 381. The van der Waals surface area contributed by atoms with Gasteiger partial charge in [-0.25, -0.2) is 4.39 Å². The summed E-state index contributed by atoms with van der Waals surface area (Å²) in [6, 6.07) is 6.02. The molecule has 4 heteroatoms. The van der Waals surface area contributed by atoms with E-state index in [4.69, 9.17) is 5.73 Å². The molecule has 0 heterocycles. The van der Waals surface area contributed by atoms with Gasteiger partial charge in [-0.05, 0) is 37.1 Å². The third-order valence-electron chi connectivity index (χ3n) is 2.82. The molecule has 1 aromatic rings. The van der Waals surface area contributed by atoms with Crippen molar-refractivity contribution in [3.8, 4) is 0 Å². The van der Waals surface area contributed by atoms with Crippen LogP contribution < -0.4 is 10.6 Å². The first kappa shape index (κ1) is 13.6. The molecule has 2 N–H and O–H groups in total. The molecule has 0 aromatic heterocycles. The Balaban J connectivity index is 2.57. The Labute approximate surface area is 101 Å². The van der Waals surface area contributed by atoms with E-state index < -0.39 is 0 Å². The normalized spacial score (nSPS) is 12.2. The van der Waals surface area contributed by atoms with Gasteiger partial charge in [0.15, 0.2) is 0 Å². The fourth-order valence-electron chi connectivity index (χ4n) is 1.48. The van der Waals surface area contributed by atoms with Crippen LogP contribution >= 0.6 is 0 Å². The van der Waals surface area contributed by atoms with E-state index in [-0.39, 0.29) is 11.7 Å². The highest BCUT2D eigenvalue weighted by Gasteiger charge is 2.12. The van der Waals surface area contributed by atoms with Crippen LogP contribution in [0.5, 0.6) is 0 Å². The summed E-state index contributed by atoms with van der Waals surface area (Å²) in [7, 11) is 1.66. The van der Waals surface area contributed by atoms with E-state index >= 15 is 0 Å². The van der Waals surface area contributed by atoms with Crippen molar-refractivity contribution in [1.29, 1.82) is 0 Å². The predicted molar refractivity (Wildman–Crippen MR) is 67.3 cm³/mol. The Morgan fingerprint density at radius 2 is 2.24 bits per heavy atom. The van der Waals surface area contributed by atoms with E-state index in [0.29, 0.717) is 24.6 Å². The highest BCUT2D eigenvalue weighted by atomic mass is 19.1. The Hall–Kier alpha value is -1.42. The van der Waals surface area contributed by atoms with E-state index in [0.717, 1.165) is 6.42 Å². The summed E-state index contributed by atoms with van der Waals surface area (Å²) in [5.41, 5.74) is 6.07. The number of nitrogens with two attached hydrogens (primary N) is 1. The largest absolute Gasteiger partial charge is 0.330 e. The lowest BCUT2D eigenvalue weighted by molar-refractivity contribution is -0.118. The second kappa shape index (κ2) is 6.35. The lowest BCUT2D eigenvalue weighted by atomic mass is 10.1. The smallest absolute Gasteiger partial charge is 0.226 e. The van der Waals surface area contributed by atoms with Crippen molar-refractivity contribution >= 4 is 11.6 Å². The standard InChI is InChI=1S/C13H19FN2O/c1-10(9-15)6-7-13(17)16(2)12-5-3-4-11(14)8-12/h3-5,8,10H,6-7,9,15H2,1-2H3. The number of hydrogen-bond acceptors (Lipinski definition) is 2. The van der Waals surface area contributed by atoms with Crippen LogP contribution in [0.25, 0.3) is 0 Å². The summed E-state index contributed by atoms with van der Waals surface area (Å²) in [6.07, 6.45) is 1.19. The Morgan fingerprint density at radius 1 is 1.53 bits per heavy atom. The van der Waals surface area contributed by atoms with Crippen molar-refractivity contribution in [3.63, 3.8) is 0 Å². The van der Waals surface area contributed by atoms with Crippen LogP contribution in [0.1, 0.15) is 19.8 Å². The number of carbonyl (C=O) groups excluding carboxylic acids is 1. The van der Waals surface area contributed by atoms with Crippen LogP contribution in [0.3, 0.4) is 0 Å². The van der Waals surface area contributed by atoms with Gasteiger partial charge in [-0.3, -0.25) is 4.79 Å². The molecule has 0 fully saturated rings. The Morgan fingerprint density at radius 3 is 2.82 bits per heavy atom. The molecular formula is C13H19FN2O. The molecule has 17 heavy (non-hydrogen) atoms. The fourth-order valence-corrected chi connectivity index (χ4v) is 1.48. The van der Waals surface area contributed by atoms with Crippen molar-refractivity contribution in [2.24, 2.45) is 11.7 Å². The molecular weight excluding hydrogens is 219 g/mol. The van der Waals surface area contributed by atoms with Crippen LogP contribution in [0, 0.1) is 11.7 Å². The van der Waals surface area contributed by atoms with E-state index in [1.807, 2.05) is 6.92 Å². The van der Waals surface area contributed by atoms with Crippen molar-refractivity contribution < 1.29 is 9.18 Å². The van der Waals surface area contributed by atoms with Gasteiger partial charge in [-0.2, -0.15) is 0 Å². The van der Waals surface area contributed by atoms with Crippen LogP contribution in [0.2, 0.25) is 0 Å². The third-order valence-corrected chi connectivity index (χ3v) is 2.82. The van der Waals surface area contributed by atoms with Gasteiger partial charge in [0.25, 0.3) is 0 Å². The van der Waals surface area contributed by atoms with E-state index in [9.17, 15) is 9.18 Å². The highest BCUT2D eigenvalue weighted by Crippen LogP contribution is 2.16. The summed E-state index contributed by atoms with van der Waals surface area (Å²) in [5, 5.41) is 0. The van der Waals surface area contributed by atoms with Crippen molar-refractivity contribution in [3.05, 3.63) is 30.1 Å². The summed E-state index contributed by atoms with van der Waals surface area (Å²) in [6.45, 7) is 2.59. The van der Waals surface area contributed by atoms with Gasteiger partial charge in [-0.15, -0.1) is 0 Å². The molecule has 1 aromatic carbocycles. The van der Waals surface area contributed by atoms with Crippen molar-refractivity contribution in [2.75, 3.05) is 18.5 Å². The van der Waals surface area contributed by atoms with Crippen molar-refractivity contribution in [1.82, 2.24) is 0 Å². The molecule has 94 valence electrons. The van der Waals surface area contributed by atoms with Crippen LogP contribution in [0.4, 0.5) is 10.1 Å². The molecule has 3 nitrogen and oxygen atoms in total. The topological polar surface area (TPSA) is 46.3 Å². The highest BCUT2D eigenvalue weighted by molar-refractivity contribution is 5.92. The molecule has 0 saturated carbocycles. The van der Waals surface area contributed by atoms with Crippen LogP contribution in [0.15, 0.2) is 24.3 Å². The molecule has 0 aliphatic carbocycles. The van der Waals surface area contributed by atoms with Gasteiger partial charge in [0.2, 0.25) is 5.91 Å². The summed E-state index contributed by atoms with van der Waals surface area (Å²) in [5.74, 6) is -0.0202. The van der Waals surface area contributed by atoms with Gasteiger partial charge in [-0.1, -0.05) is 13.0 Å². The van der Waals surface area contributed by atoms with Crippen molar-refractivity contribution in [2.45, 2.75) is 19.8 Å². The van der Waals surface area contributed by atoms with Gasteiger partial charge >= 0.3 is 0 Å². The van der Waals surface area contributed by atoms with E-state index in [1.54, 1.807) is 19.2 Å². The lowest BCUT2D eigenvalue weighted by Gasteiger charge is -2.18. The molecule has 0 aliphatic rings. The monoisotopic (exact) mass is 238 g/mol. The zero-order valence-electron chi connectivity index (χ0n) is 10.3. The molecule has 1 unspecified atom stereocenters. The van der Waals surface area contributed by atoms with Gasteiger partial charge in [0, 0.05) is 19.2 Å². The zero-order valence-corrected chi connectivity index (χ0v) is 10.3. The molecule has 0 aliphatic heterocycles. The fraction of sp³-hybridized carbons (Fsp3) is 0.462. The molecule has 0 bridgehead atoms. The van der Waals surface area contributed by atoms with Gasteiger partial charge < -0.3 is 10.6 Å². The molecule has 0 spiro atoms. The second-order valence-electron chi connectivity index (χ2n) is 4.31. The van der Waals surface area contributed by atoms with Gasteiger partial charge in [0.05, 0.1) is 0 Å². The minimum absolute atomic E-state index is 0.0177. The minimum Gasteiger partial charge on any atom is -0.330 e. The third kappa shape index (κ3) is 4.15. The maximum atomic E-state index is 13.0. The second-order valence-corrected chi connectivity index (χ2v) is 4.31. The number of nitrogens with zero attached hydrogens (tertiary/aromatic N) is 1. The first-order valence-electron chi connectivity index (χ1n) is 5.76. The number of amides is 1. The summed E-state index contributed by atoms with van der Waals surface area (Å²) < 4.78 is 13.0. The number of anilines is 1. The zero-order chi connectivity index (χ0) is 12.8. The number of benzene rings is 1. The average Bonchev–Trinajstić information content (AvgIpc) is 2.34.